The Morgan fingerprint density at radius 2 is 1.70 bits per heavy atom. The van der Waals surface area contributed by atoms with Crippen LogP contribution in [-0.2, 0) is 11.2 Å². The highest BCUT2D eigenvalue weighted by Gasteiger charge is 2.18. The molecule has 0 saturated carbocycles. The minimum absolute atomic E-state index is 0.707. The third-order valence-corrected chi connectivity index (χ3v) is 5.55. The normalized spacial score (nSPS) is 14.5. The minimum Gasteiger partial charge on any atom is -0.396 e. The molecule has 3 aromatic rings. The minimum atomic E-state index is 0.707. The quantitative estimate of drug-likeness (QED) is 0.614. The molecule has 2 heterocycles. The summed E-state index contributed by atoms with van der Waals surface area (Å²) in [5.74, 6) is 0.833. The summed E-state index contributed by atoms with van der Waals surface area (Å²) in [7, 11) is 0. The van der Waals surface area contributed by atoms with Crippen LogP contribution >= 0.6 is 0 Å². The van der Waals surface area contributed by atoms with Crippen molar-refractivity contribution in [1.82, 2.24) is 9.88 Å². The SMILES string of the molecule is Nc1cccnc1N(CCCN1CCOCC1)c1ccccc1Cc1ccccc1. The molecule has 1 aliphatic rings. The van der Waals surface area contributed by atoms with E-state index < -0.39 is 0 Å². The monoisotopic (exact) mass is 402 g/mol. The summed E-state index contributed by atoms with van der Waals surface area (Å²) >= 11 is 0. The van der Waals surface area contributed by atoms with Gasteiger partial charge in [0.2, 0.25) is 0 Å². The van der Waals surface area contributed by atoms with Crippen LogP contribution in [-0.4, -0.2) is 49.3 Å². The molecule has 1 saturated heterocycles. The molecule has 0 amide bonds. The second-order valence-electron chi connectivity index (χ2n) is 7.67. The first kappa shape index (κ1) is 20.4. The van der Waals surface area contributed by atoms with Gasteiger partial charge in [-0.1, -0.05) is 48.5 Å². The molecule has 1 aliphatic heterocycles. The number of anilines is 3. The second-order valence-corrected chi connectivity index (χ2v) is 7.67. The molecule has 5 heteroatoms. The van der Waals surface area contributed by atoms with Gasteiger partial charge >= 0.3 is 0 Å². The van der Waals surface area contributed by atoms with Crippen molar-refractivity contribution < 1.29 is 4.74 Å². The number of aromatic nitrogens is 1. The summed E-state index contributed by atoms with van der Waals surface area (Å²) in [5.41, 5.74) is 10.8. The molecule has 0 spiro atoms. The van der Waals surface area contributed by atoms with Crippen LogP contribution in [0.3, 0.4) is 0 Å². The van der Waals surface area contributed by atoms with Gasteiger partial charge in [-0.2, -0.15) is 0 Å². The highest BCUT2D eigenvalue weighted by atomic mass is 16.5. The van der Waals surface area contributed by atoms with Crippen LogP contribution in [0.2, 0.25) is 0 Å². The Morgan fingerprint density at radius 3 is 2.50 bits per heavy atom. The molecule has 0 aliphatic carbocycles. The molecule has 4 rings (SSSR count). The zero-order chi connectivity index (χ0) is 20.6. The van der Waals surface area contributed by atoms with Crippen molar-refractivity contribution in [2.75, 3.05) is 50.0 Å². The van der Waals surface area contributed by atoms with Crippen molar-refractivity contribution in [2.24, 2.45) is 0 Å². The third-order valence-electron chi connectivity index (χ3n) is 5.55. The van der Waals surface area contributed by atoms with Crippen LogP contribution in [0.25, 0.3) is 0 Å². The van der Waals surface area contributed by atoms with Crippen molar-refractivity contribution in [2.45, 2.75) is 12.8 Å². The van der Waals surface area contributed by atoms with Crippen LogP contribution in [0.1, 0.15) is 17.5 Å². The van der Waals surface area contributed by atoms with E-state index in [4.69, 9.17) is 10.5 Å². The Labute approximate surface area is 179 Å². The zero-order valence-corrected chi connectivity index (χ0v) is 17.4. The number of hydrogen-bond acceptors (Lipinski definition) is 5. The fourth-order valence-corrected chi connectivity index (χ4v) is 3.99. The summed E-state index contributed by atoms with van der Waals surface area (Å²) in [4.78, 5) is 9.39. The number of rotatable bonds is 8. The number of nitrogen functional groups attached to an aromatic ring is 1. The number of pyridine rings is 1. The van der Waals surface area contributed by atoms with Crippen molar-refractivity contribution in [3.05, 3.63) is 84.1 Å². The van der Waals surface area contributed by atoms with Crippen molar-refractivity contribution in [3.63, 3.8) is 0 Å². The lowest BCUT2D eigenvalue weighted by molar-refractivity contribution is 0.0377. The standard InChI is InChI=1S/C25H30N4O/c26-23-11-6-13-27-25(23)29(15-7-14-28-16-18-30-19-17-28)24-12-5-4-10-22(24)20-21-8-2-1-3-9-21/h1-6,8-13H,7,14-20,26H2. The largest absolute Gasteiger partial charge is 0.396 e. The van der Waals surface area contributed by atoms with E-state index in [9.17, 15) is 0 Å². The predicted molar refractivity (Wildman–Crippen MR) is 123 cm³/mol. The summed E-state index contributed by atoms with van der Waals surface area (Å²) in [6.07, 6.45) is 3.74. The number of ether oxygens (including phenoxy) is 1. The van der Waals surface area contributed by atoms with Crippen LogP contribution in [0, 0.1) is 0 Å². The van der Waals surface area contributed by atoms with Crippen LogP contribution in [0.15, 0.2) is 72.9 Å². The lowest BCUT2D eigenvalue weighted by Gasteiger charge is -2.30. The molecular formula is C25H30N4O. The van der Waals surface area contributed by atoms with Crippen LogP contribution < -0.4 is 10.6 Å². The maximum atomic E-state index is 6.34. The molecule has 0 unspecified atom stereocenters. The van der Waals surface area contributed by atoms with Gasteiger partial charge in [0.15, 0.2) is 5.82 Å². The molecule has 0 bridgehead atoms. The fraction of sp³-hybridized carbons (Fsp3) is 0.320. The van der Waals surface area contributed by atoms with Gasteiger partial charge in [0.25, 0.3) is 0 Å². The molecule has 156 valence electrons. The van der Waals surface area contributed by atoms with Crippen LogP contribution in [0.4, 0.5) is 17.2 Å². The van der Waals surface area contributed by atoms with Gasteiger partial charge in [-0.25, -0.2) is 4.98 Å². The van der Waals surface area contributed by atoms with Gasteiger partial charge < -0.3 is 15.4 Å². The Morgan fingerprint density at radius 1 is 0.933 bits per heavy atom. The molecule has 1 aromatic heterocycles. The van der Waals surface area contributed by atoms with Gasteiger partial charge in [-0.05, 0) is 42.2 Å². The molecular weight excluding hydrogens is 372 g/mol. The first-order valence-corrected chi connectivity index (χ1v) is 10.7. The molecule has 30 heavy (non-hydrogen) atoms. The molecule has 2 N–H and O–H groups in total. The molecule has 5 nitrogen and oxygen atoms in total. The number of benzene rings is 2. The van der Waals surface area contributed by atoms with Gasteiger partial charge in [0.1, 0.15) is 0 Å². The average Bonchev–Trinajstić information content (AvgIpc) is 2.80. The number of para-hydroxylation sites is 1. The summed E-state index contributed by atoms with van der Waals surface area (Å²) in [5, 5.41) is 0. The average molecular weight is 403 g/mol. The van der Waals surface area contributed by atoms with E-state index in [1.165, 1.54) is 16.8 Å². The Kier molecular flexibility index (Phi) is 6.95. The third kappa shape index (κ3) is 5.17. The van der Waals surface area contributed by atoms with E-state index in [-0.39, 0.29) is 0 Å². The molecule has 2 aromatic carbocycles. The molecule has 0 radical (unpaired) electrons. The van der Waals surface area contributed by atoms with E-state index in [2.05, 4.69) is 69.4 Å². The maximum Gasteiger partial charge on any atom is 0.156 e. The van der Waals surface area contributed by atoms with E-state index in [1.807, 2.05) is 18.3 Å². The lowest BCUT2D eigenvalue weighted by Crippen LogP contribution is -2.38. The van der Waals surface area contributed by atoms with Gasteiger partial charge in [-0.15, -0.1) is 0 Å². The smallest absolute Gasteiger partial charge is 0.156 e. The van der Waals surface area contributed by atoms with E-state index >= 15 is 0 Å². The number of nitrogens with two attached hydrogens (primary N) is 1. The second kappa shape index (κ2) is 10.2. The first-order valence-electron chi connectivity index (χ1n) is 10.7. The van der Waals surface area contributed by atoms with Crippen molar-refractivity contribution >= 4 is 17.2 Å². The lowest BCUT2D eigenvalue weighted by atomic mass is 10.0. The van der Waals surface area contributed by atoms with Crippen molar-refractivity contribution in [1.29, 1.82) is 0 Å². The zero-order valence-electron chi connectivity index (χ0n) is 17.4. The molecule has 1 fully saturated rings. The van der Waals surface area contributed by atoms with Gasteiger partial charge in [-0.3, -0.25) is 4.90 Å². The number of nitrogens with zero attached hydrogens (tertiary/aromatic N) is 3. The topological polar surface area (TPSA) is 54.6 Å². The highest BCUT2D eigenvalue weighted by molar-refractivity contribution is 5.73. The molecule has 0 atom stereocenters. The maximum absolute atomic E-state index is 6.34. The van der Waals surface area contributed by atoms with E-state index in [1.54, 1.807) is 0 Å². The highest BCUT2D eigenvalue weighted by Crippen LogP contribution is 2.32. The summed E-state index contributed by atoms with van der Waals surface area (Å²) in [6, 6.07) is 23.0. The Hall–Kier alpha value is -2.89. The summed E-state index contributed by atoms with van der Waals surface area (Å²) in [6.45, 7) is 5.60. The number of morpholine rings is 1. The van der Waals surface area contributed by atoms with Crippen molar-refractivity contribution in [3.8, 4) is 0 Å². The first-order chi connectivity index (χ1) is 14.8. The van der Waals surface area contributed by atoms with Crippen LogP contribution in [0.5, 0.6) is 0 Å². The fourth-order valence-electron chi connectivity index (χ4n) is 3.99. The Bertz CT molecular complexity index is 925. The van der Waals surface area contributed by atoms with E-state index in [0.29, 0.717) is 5.69 Å². The Balaban J connectivity index is 1.58. The van der Waals surface area contributed by atoms with Gasteiger partial charge in [0, 0.05) is 38.1 Å². The predicted octanol–water partition coefficient (Wildman–Crippen LogP) is 4.12. The number of hydrogen-bond donors (Lipinski definition) is 1. The van der Waals surface area contributed by atoms with E-state index in [0.717, 1.165) is 58.1 Å². The van der Waals surface area contributed by atoms with Gasteiger partial charge in [0.05, 0.1) is 18.9 Å². The summed E-state index contributed by atoms with van der Waals surface area (Å²) < 4.78 is 5.48.